The smallest absolute Gasteiger partial charge is 0.139 e. The van der Waals surface area contributed by atoms with E-state index in [0.717, 1.165) is 25.4 Å². The van der Waals surface area contributed by atoms with E-state index in [0.29, 0.717) is 22.4 Å². The van der Waals surface area contributed by atoms with Gasteiger partial charge in [0.15, 0.2) is 0 Å². The Morgan fingerprint density at radius 1 is 1.22 bits per heavy atom. The number of piperidine rings is 1. The fourth-order valence-corrected chi connectivity index (χ4v) is 2.45. The van der Waals surface area contributed by atoms with Crippen molar-refractivity contribution in [2.75, 3.05) is 19.7 Å². The molecule has 1 aliphatic heterocycles. The largest absolute Gasteiger partial charge is 0.492 e. The molecule has 2 rings (SSSR count). The number of nitrogens with one attached hydrogen (secondary N) is 1. The molecule has 0 aromatic heterocycles. The maximum atomic E-state index is 6.05. The molecule has 0 spiro atoms. The Labute approximate surface area is 124 Å². The second kappa shape index (κ2) is 8.11. The van der Waals surface area contributed by atoms with Gasteiger partial charge in [0.1, 0.15) is 10.8 Å². The zero-order valence-electron chi connectivity index (χ0n) is 10.1. The summed E-state index contributed by atoms with van der Waals surface area (Å²) in [7, 11) is 0. The molecule has 5 heteroatoms. The van der Waals surface area contributed by atoms with Crippen LogP contribution in [0.5, 0.6) is 5.75 Å². The highest BCUT2D eigenvalue weighted by molar-refractivity contribution is 6.42. The van der Waals surface area contributed by atoms with Crippen LogP contribution in [0.2, 0.25) is 10.0 Å². The van der Waals surface area contributed by atoms with E-state index in [1.54, 1.807) is 6.07 Å². The van der Waals surface area contributed by atoms with Crippen LogP contribution in [0.25, 0.3) is 0 Å². The Morgan fingerprint density at radius 2 is 1.94 bits per heavy atom. The van der Waals surface area contributed by atoms with E-state index < -0.39 is 0 Å². The first kappa shape index (κ1) is 15.9. The van der Waals surface area contributed by atoms with Crippen molar-refractivity contribution in [3.63, 3.8) is 0 Å². The van der Waals surface area contributed by atoms with Gasteiger partial charge in [0, 0.05) is 0 Å². The number of rotatable bonds is 4. The summed E-state index contributed by atoms with van der Waals surface area (Å²) in [6, 6.07) is 5.48. The van der Waals surface area contributed by atoms with Gasteiger partial charge in [-0.05, 0) is 50.4 Å². The summed E-state index contributed by atoms with van der Waals surface area (Å²) in [6.45, 7) is 2.97. The number of ether oxygens (including phenoxy) is 1. The zero-order chi connectivity index (χ0) is 12.1. The summed E-state index contributed by atoms with van der Waals surface area (Å²) in [5.41, 5.74) is 0. The van der Waals surface area contributed by atoms with E-state index in [4.69, 9.17) is 27.9 Å². The van der Waals surface area contributed by atoms with Crippen molar-refractivity contribution in [2.45, 2.75) is 19.3 Å². The van der Waals surface area contributed by atoms with Gasteiger partial charge in [0.2, 0.25) is 0 Å². The van der Waals surface area contributed by atoms with Gasteiger partial charge in [-0.1, -0.05) is 29.3 Å². The SMILES string of the molecule is Cl.Clc1cccc(OCCC2CCNCC2)c1Cl. The van der Waals surface area contributed by atoms with Crippen LogP contribution in [0.3, 0.4) is 0 Å². The van der Waals surface area contributed by atoms with Gasteiger partial charge in [-0.15, -0.1) is 12.4 Å². The van der Waals surface area contributed by atoms with E-state index in [-0.39, 0.29) is 12.4 Å². The lowest BCUT2D eigenvalue weighted by Crippen LogP contribution is -2.28. The summed E-state index contributed by atoms with van der Waals surface area (Å²) in [5.74, 6) is 1.46. The fraction of sp³-hybridized carbons (Fsp3) is 0.538. The minimum absolute atomic E-state index is 0. The molecular weight excluding hydrogens is 293 g/mol. The molecule has 102 valence electrons. The normalized spacial score (nSPS) is 16.1. The molecular formula is C13H18Cl3NO. The minimum Gasteiger partial charge on any atom is -0.492 e. The first-order chi connectivity index (χ1) is 8.27. The topological polar surface area (TPSA) is 21.3 Å². The van der Waals surface area contributed by atoms with Crippen molar-refractivity contribution < 1.29 is 4.74 Å². The molecule has 1 fully saturated rings. The number of benzene rings is 1. The van der Waals surface area contributed by atoms with Gasteiger partial charge in [0.05, 0.1) is 11.6 Å². The van der Waals surface area contributed by atoms with Crippen molar-refractivity contribution >= 4 is 35.6 Å². The van der Waals surface area contributed by atoms with Crippen LogP contribution in [-0.2, 0) is 0 Å². The lowest BCUT2D eigenvalue weighted by atomic mass is 9.95. The van der Waals surface area contributed by atoms with Gasteiger partial charge in [-0.2, -0.15) is 0 Å². The van der Waals surface area contributed by atoms with Crippen LogP contribution in [0, 0.1) is 5.92 Å². The van der Waals surface area contributed by atoms with Gasteiger partial charge < -0.3 is 10.1 Å². The third-order valence-electron chi connectivity index (χ3n) is 3.16. The van der Waals surface area contributed by atoms with Crippen LogP contribution in [0.1, 0.15) is 19.3 Å². The van der Waals surface area contributed by atoms with Crippen LogP contribution in [0.4, 0.5) is 0 Å². The molecule has 1 saturated heterocycles. The van der Waals surface area contributed by atoms with Gasteiger partial charge in [0.25, 0.3) is 0 Å². The van der Waals surface area contributed by atoms with Crippen molar-refractivity contribution in [2.24, 2.45) is 5.92 Å². The van der Waals surface area contributed by atoms with E-state index in [1.165, 1.54) is 12.8 Å². The molecule has 0 unspecified atom stereocenters. The predicted octanol–water partition coefficient (Wildman–Crippen LogP) is 4.18. The van der Waals surface area contributed by atoms with Crippen LogP contribution in [-0.4, -0.2) is 19.7 Å². The molecule has 1 N–H and O–H groups in total. The van der Waals surface area contributed by atoms with E-state index in [1.807, 2.05) is 12.1 Å². The molecule has 0 bridgehead atoms. The number of hydrogen-bond acceptors (Lipinski definition) is 2. The Kier molecular flexibility index (Phi) is 7.16. The van der Waals surface area contributed by atoms with E-state index in [2.05, 4.69) is 5.32 Å². The second-order valence-corrected chi connectivity index (χ2v) is 5.17. The highest BCUT2D eigenvalue weighted by atomic mass is 35.5. The summed E-state index contributed by atoms with van der Waals surface area (Å²) in [6.07, 6.45) is 3.57. The molecule has 1 aromatic carbocycles. The first-order valence-electron chi connectivity index (χ1n) is 6.05. The van der Waals surface area contributed by atoms with Crippen molar-refractivity contribution in [3.05, 3.63) is 28.2 Å². The Balaban J connectivity index is 0.00000162. The van der Waals surface area contributed by atoms with Gasteiger partial charge >= 0.3 is 0 Å². The molecule has 1 heterocycles. The van der Waals surface area contributed by atoms with Gasteiger partial charge in [-0.25, -0.2) is 0 Å². The average Bonchev–Trinajstić information content (AvgIpc) is 2.36. The zero-order valence-corrected chi connectivity index (χ0v) is 12.5. The molecule has 0 radical (unpaired) electrons. The third-order valence-corrected chi connectivity index (χ3v) is 3.96. The summed E-state index contributed by atoms with van der Waals surface area (Å²) >= 11 is 12.0. The highest BCUT2D eigenvalue weighted by Crippen LogP contribution is 2.31. The minimum atomic E-state index is 0. The predicted molar refractivity (Wildman–Crippen MR) is 79.4 cm³/mol. The number of hydrogen-bond donors (Lipinski definition) is 1. The van der Waals surface area contributed by atoms with E-state index >= 15 is 0 Å². The second-order valence-electron chi connectivity index (χ2n) is 4.38. The lowest BCUT2D eigenvalue weighted by molar-refractivity contribution is 0.252. The quantitative estimate of drug-likeness (QED) is 0.900. The molecule has 0 atom stereocenters. The maximum Gasteiger partial charge on any atom is 0.139 e. The lowest BCUT2D eigenvalue weighted by Gasteiger charge is -2.22. The maximum absolute atomic E-state index is 6.05. The van der Waals surface area contributed by atoms with E-state index in [9.17, 15) is 0 Å². The van der Waals surface area contributed by atoms with Crippen LogP contribution < -0.4 is 10.1 Å². The Bertz CT molecular complexity index is 367. The summed E-state index contributed by atoms with van der Waals surface area (Å²) < 4.78 is 5.68. The molecule has 2 nitrogen and oxygen atoms in total. The Morgan fingerprint density at radius 3 is 2.67 bits per heavy atom. The molecule has 1 aliphatic rings. The molecule has 0 aliphatic carbocycles. The highest BCUT2D eigenvalue weighted by Gasteiger charge is 2.13. The van der Waals surface area contributed by atoms with Crippen molar-refractivity contribution in [3.8, 4) is 5.75 Å². The van der Waals surface area contributed by atoms with Gasteiger partial charge in [-0.3, -0.25) is 0 Å². The van der Waals surface area contributed by atoms with Crippen molar-refractivity contribution in [1.29, 1.82) is 0 Å². The summed E-state index contributed by atoms with van der Waals surface area (Å²) in [5, 5.41) is 4.42. The standard InChI is InChI=1S/C13H17Cl2NO.ClH/c14-11-2-1-3-12(13(11)15)17-9-6-10-4-7-16-8-5-10;/h1-3,10,16H,4-9H2;1H. The molecule has 0 amide bonds. The summed E-state index contributed by atoms with van der Waals surface area (Å²) in [4.78, 5) is 0. The number of halogens is 3. The average molecular weight is 311 g/mol. The molecule has 18 heavy (non-hydrogen) atoms. The molecule has 1 aromatic rings. The third kappa shape index (κ3) is 4.51. The van der Waals surface area contributed by atoms with Crippen molar-refractivity contribution in [1.82, 2.24) is 5.32 Å². The Hall–Kier alpha value is -0.150. The first-order valence-corrected chi connectivity index (χ1v) is 6.80. The monoisotopic (exact) mass is 309 g/mol. The fourth-order valence-electron chi connectivity index (χ4n) is 2.10. The van der Waals surface area contributed by atoms with Crippen LogP contribution >= 0.6 is 35.6 Å². The molecule has 0 saturated carbocycles. The van der Waals surface area contributed by atoms with Crippen LogP contribution in [0.15, 0.2) is 18.2 Å².